The number of amides is 1. The third kappa shape index (κ3) is 2.45. The lowest BCUT2D eigenvalue weighted by Crippen LogP contribution is -2.40. The molecule has 18 heavy (non-hydrogen) atoms. The van der Waals surface area contributed by atoms with E-state index < -0.39 is 5.97 Å². The van der Waals surface area contributed by atoms with Crippen LogP contribution in [0.4, 0.5) is 0 Å². The summed E-state index contributed by atoms with van der Waals surface area (Å²) in [5, 5.41) is 9.02. The van der Waals surface area contributed by atoms with Gasteiger partial charge in [0.15, 0.2) is 0 Å². The topological polar surface area (TPSA) is 109 Å². The molecular weight excluding hydrogens is 236 g/mol. The van der Waals surface area contributed by atoms with Gasteiger partial charge in [-0.3, -0.25) is 9.69 Å². The quantitative estimate of drug-likeness (QED) is 0.754. The van der Waals surface area contributed by atoms with E-state index in [1.807, 2.05) is 4.90 Å². The molecule has 0 aromatic carbocycles. The number of aromatic nitrogens is 2. The number of nitrogens with zero attached hydrogens (tertiary/aromatic N) is 3. The first-order chi connectivity index (χ1) is 8.59. The van der Waals surface area contributed by atoms with Crippen molar-refractivity contribution in [2.75, 3.05) is 6.54 Å². The minimum absolute atomic E-state index is 0.0626. The van der Waals surface area contributed by atoms with Gasteiger partial charge in [0.05, 0.1) is 11.7 Å². The first-order valence-electron chi connectivity index (χ1n) is 5.65. The Labute approximate surface area is 104 Å². The molecule has 3 N–H and O–H groups in total. The second-order valence-corrected chi connectivity index (χ2v) is 4.22. The summed E-state index contributed by atoms with van der Waals surface area (Å²) in [6.45, 7) is 1.02. The summed E-state index contributed by atoms with van der Waals surface area (Å²) in [7, 11) is 0. The molecule has 0 bridgehead atoms. The number of primary amides is 1. The van der Waals surface area contributed by atoms with Gasteiger partial charge in [-0.15, -0.1) is 0 Å². The van der Waals surface area contributed by atoms with Crippen molar-refractivity contribution in [1.82, 2.24) is 14.9 Å². The maximum Gasteiger partial charge on any atom is 0.339 e. The Morgan fingerprint density at radius 3 is 3.00 bits per heavy atom. The van der Waals surface area contributed by atoms with Crippen molar-refractivity contribution in [2.45, 2.75) is 25.4 Å². The highest BCUT2D eigenvalue weighted by molar-refractivity contribution is 5.88. The van der Waals surface area contributed by atoms with Crippen LogP contribution in [0.1, 0.15) is 28.9 Å². The summed E-state index contributed by atoms with van der Waals surface area (Å²) in [5.41, 5.74) is 5.78. The predicted molar refractivity (Wildman–Crippen MR) is 61.6 cm³/mol. The maximum absolute atomic E-state index is 11.3. The fourth-order valence-electron chi connectivity index (χ4n) is 2.19. The largest absolute Gasteiger partial charge is 0.478 e. The lowest BCUT2D eigenvalue weighted by atomic mass is 10.2. The van der Waals surface area contributed by atoms with Gasteiger partial charge in [0, 0.05) is 12.7 Å². The van der Waals surface area contributed by atoms with Gasteiger partial charge < -0.3 is 10.8 Å². The summed E-state index contributed by atoms with van der Waals surface area (Å²) in [6, 6.07) is -0.332. The highest BCUT2D eigenvalue weighted by Gasteiger charge is 2.30. The molecule has 1 aliphatic heterocycles. The second kappa shape index (κ2) is 5.09. The minimum Gasteiger partial charge on any atom is -0.478 e. The Kier molecular flexibility index (Phi) is 3.52. The lowest BCUT2D eigenvalue weighted by molar-refractivity contribution is -0.122. The molecular formula is C11H14N4O3. The molecule has 96 valence electrons. The van der Waals surface area contributed by atoms with Crippen LogP contribution in [0.15, 0.2) is 12.5 Å². The van der Waals surface area contributed by atoms with Crippen LogP contribution in [0.5, 0.6) is 0 Å². The van der Waals surface area contributed by atoms with Crippen molar-refractivity contribution < 1.29 is 14.7 Å². The van der Waals surface area contributed by atoms with E-state index in [9.17, 15) is 9.59 Å². The van der Waals surface area contributed by atoms with Crippen LogP contribution in [0, 0.1) is 0 Å². The number of likely N-dealkylation sites (tertiary alicyclic amines) is 1. The zero-order valence-electron chi connectivity index (χ0n) is 9.74. The Balaban J connectivity index is 2.19. The zero-order valence-corrected chi connectivity index (χ0v) is 9.74. The van der Waals surface area contributed by atoms with Gasteiger partial charge in [-0.05, 0) is 19.4 Å². The molecule has 0 spiro atoms. The summed E-state index contributed by atoms with van der Waals surface area (Å²) >= 11 is 0. The van der Waals surface area contributed by atoms with E-state index >= 15 is 0 Å². The van der Waals surface area contributed by atoms with E-state index in [0.717, 1.165) is 13.0 Å². The number of hydrogen-bond donors (Lipinski definition) is 2. The van der Waals surface area contributed by atoms with Crippen LogP contribution in [0.3, 0.4) is 0 Å². The number of carbonyl (C=O) groups is 2. The summed E-state index contributed by atoms with van der Waals surface area (Å²) < 4.78 is 0. The van der Waals surface area contributed by atoms with Crippen LogP contribution in [-0.4, -0.2) is 44.4 Å². The van der Waals surface area contributed by atoms with Gasteiger partial charge in [-0.2, -0.15) is 0 Å². The molecule has 7 heteroatoms. The molecule has 7 nitrogen and oxygen atoms in total. The van der Waals surface area contributed by atoms with E-state index in [1.165, 1.54) is 12.5 Å². The van der Waals surface area contributed by atoms with Crippen molar-refractivity contribution in [3.8, 4) is 0 Å². The molecule has 2 heterocycles. The summed E-state index contributed by atoms with van der Waals surface area (Å²) in [5.74, 6) is -1.45. The Hall–Kier alpha value is -2.02. The smallest absolute Gasteiger partial charge is 0.339 e. The second-order valence-electron chi connectivity index (χ2n) is 4.22. The number of rotatable bonds is 4. The molecule has 1 aromatic heterocycles. The van der Waals surface area contributed by atoms with Crippen molar-refractivity contribution in [3.05, 3.63) is 23.8 Å². The molecule has 1 atom stereocenters. The average Bonchev–Trinajstić information content (AvgIpc) is 2.77. The van der Waals surface area contributed by atoms with Gasteiger partial charge in [0.1, 0.15) is 11.9 Å². The van der Waals surface area contributed by atoms with Gasteiger partial charge in [0.25, 0.3) is 0 Å². The van der Waals surface area contributed by atoms with E-state index in [1.54, 1.807) is 0 Å². The van der Waals surface area contributed by atoms with E-state index in [-0.39, 0.29) is 17.5 Å². The Bertz CT molecular complexity index is 477. The van der Waals surface area contributed by atoms with E-state index in [4.69, 9.17) is 10.8 Å². The maximum atomic E-state index is 11.3. The van der Waals surface area contributed by atoms with Crippen LogP contribution in [0.25, 0.3) is 0 Å². The van der Waals surface area contributed by atoms with Crippen LogP contribution in [0.2, 0.25) is 0 Å². The van der Waals surface area contributed by atoms with Crippen LogP contribution in [-0.2, 0) is 11.3 Å². The number of carboxylic acid groups (broad SMARTS) is 1. The molecule has 2 rings (SSSR count). The molecule has 0 radical (unpaired) electrons. The fourth-order valence-corrected chi connectivity index (χ4v) is 2.19. The normalized spacial score (nSPS) is 19.9. The molecule has 1 saturated heterocycles. The van der Waals surface area contributed by atoms with Crippen molar-refractivity contribution >= 4 is 11.9 Å². The molecule has 0 saturated carbocycles. The van der Waals surface area contributed by atoms with Gasteiger partial charge >= 0.3 is 5.97 Å². The lowest BCUT2D eigenvalue weighted by Gasteiger charge is -2.21. The summed E-state index contributed by atoms with van der Waals surface area (Å²) in [6.07, 6.45) is 4.15. The molecule has 0 aliphatic carbocycles. The Morgan fingerprint density at radius 2 is 2.33 bits per heavy atom. The van der Waals surface area contributed by atoms with E-state index in [0.29, 0.717) is 18.7 Å². The highest BCUT2D eigenvalue weighted by Crippen LogP contribution is 2.20. The molecule has 1 fully saturated rings. The van der Waals surface area contributed by atoms with Crippen LogP contribution >= 0.6 is 0 Å². The van der Waals surface area contributed by atoms with Crippen LogP contribution < -0.4 is 5.73 Å². The number of nitrogens with two attached hydrogens (primary N) is 1. The first kappa shape index (κ1) is 12.4. The van der Waals surface area contributed by atoms with Gasteiger partial charge in [0.2, 0.25) is 5.91 Å². The molecule has 1 unspecified atom stereocenters. The molecule has 1 aromatic rings. The predicted octanol–water partition coefficient (Wildman–Crippen LogP) is -0.376. The van der Waals surface area contributed by atoms with Gasteiger partial charge in [-0.25, -0.2) is 14.8 Å². The standard InChI is InChI=1S/C11H14N4O3/c12-10(16)9-2-1-3-15(9)5-8-7(11(17)18)4-13-6-14-8/h4,6,9H,1-3,5H2,(H2,12,16)(H,17,18). The fraction of sp³-hybridized carbons (Fsp3) is 0.455. The third-order valence-electron chi connectivity index (χ3n) is 3.07. The molecule has 1 aliphatic rings. The summed E-state index contributed by atoms with van der Waals surface area (Å²) in [4.78, 5) is 31.8. The average molecular weight is 250 g/mol. The van der Waals surface area contributed by atoms with Crippen molar-refractivity contribution in [1.29, 1.82) is 0 Å². The van der Waals surface area contributed by atoms with Crippen molar-refractivity contribution in [2.24, 2.45) is 5.73 Å². The number of hydrogen-bond acceptors (Lipinski definition) is 5. The first-order valence-corrected chi connectivity index (χ1v) is 5.65. The zero-order chi connectivity index (χ0) is 13.1. The van der Waals surface area contributed by atoms with Crippen molar-refractivity contribution in [3.63, 3.8) is 0 Å². The van der Waals surface area contributed by atoms with Gasteiger partial charge in [-0.1, -0.05) is 0 Å². The number of carboxylic acids is 1. The number of aromatic carboxylic acids is 1. The third-order valence-corrected chi connectivity index (χ3v) is 3.07. The molecule has 1 amide bonds. The number of carbonyl (C=O) groups excluding carboxylic acids is 1. The highest BCUT2D eigenvalue weighted by atomic mass is 16.4. The SMILES string of the molecule is NC(=O)C1CCCN1Cc1ncncc1C(=O)O. The Morgan fingerprint density at radius 1 is 1.56 bits per heavy atom. The van der Waals surface area contributed by atoms with E-state index in [2.05, 4.69) is 9.97 Å². The minimum atomic E-state index is -1.07. The monoisotopic (exact) mass is 250 g/mol.